The Bertz CT molecular complexity index is 581. The topological polar surface area (TPSA) is 41.3 Å². The summed E-state index contributed by atoms with van der Waals surface area (Å²) in [7, 11) is 1.99. The van der Waals surface area contributed by atoms with Gasteiger partial charge in [0.15, 0.2) is 0 Å². The van der Waals surface area contributed by atoms with Gasteiger partial charge in [-0.15, -0.1) is 0 Å². The third-order valence-electron chi connectivity index (χ3n) is 3.95. The summed E-state index contributed by atoms with van der Waals surface area (Å²) in [6, 6.07) is 6.78. The van der Waals surface area contributed by atoms with Gasteiger partial charge in [0.25, 0.3) is 0 Å². The molecule has 1 aromatic carbocycles. The summed E-state index contributed by atoms with van der Waals surface area (Å²) in [6.45, 7) is 2.91. The summed E-state index contributed by atoms with van der Waals surface area (Å²) in [5.74, 6) is 0.298. The molecule has 1 aliphatic heterocycles. The number of oxazole rings is 1. The van der Waals surface area contributed by atoms with Crippen molar-refractivity contribution in [2.75, 3.05) is 20.1 Å². The zero-order valence-corrected chi connectivity index (χ0v) is 12.2. The Hall–Kier alpha value is -1.72. The first-order chi connectivity index (χ1) is 10.3. The lowest BCUT2D eigenvalue weighted by Gasteiger charge is -2.22. The molecule has 5 heteroatoms. The van der Waals surface area contributed by atoms with Crippen molar-refractivity contribution < 1.29 is 8.81 Å². The smallest absolute Gasteiger partial charge is 0.226 e. The van der Waals surface area contributed by atoms with Gasteiger partial charge in [0.05, 0.1) is 5.69 Å². The van der Waals surface area contributed by atoms with Crippen LogP contribution in [0.15, 0.2) is 34.9 Å². The van der Waals surface area contributed by atoms with Crippen molar-refractivity contribution in [3.63, 3.8) is 0 Å². The Labute approximate surface area is 124 Å². The molecule has 1 unspecified atom stereocenters. The molecular formula is C16H20FN3O. The molecule has 0 saturated carbocycles. The molecule has 1 N–H and O–H groups in total. The van der Waals surface area contributed by atoms with Gasteiger partial charge in [-0.1, -0.05) is 0 Å². The first kappa shape index (κ1) is 14.2. The molecule has 1 aromatic heterocycles. The van der Waals surface area contributed by atoms with Crippen LogP contribution in [0.25, 0.3) is 11.5 Å². The van der Waals surface area contributed by atoms with Crippen molar-refractivity contribution in [2.24, 2.45) is 0 Å². The number of nitrogens with one attached hydrogen (secondary N) is 1. The first-order valence-corrected chi connectivity index (χ1v) is 7.35. The number of benzene rings is 1. The largest absolute Gasteiger partial charge is 0.444 e. The summed E-state index contributed by atoms with van der Waals surface area (Å²) >= 11 is 0. The molecule has 1 fully saturated rings. The molecule has 3 rings (SSSR count). The van der Waals surface area contributed by atoms with Crippen LogP contribution in [0, 0.1) is 5.82 Å². The summed E-state index contributed by atoms with van der Waals surface area (Å²) < 4.78 is 18.5. The van der Waals surface area contributed by atoms with Gasteiger partial charge in [-0.25, -0.2) is 9.37 Å². The van der Waals surface area contributed by atoms with Gasteiger partial charge in [-0.2, -0.15) is 0 Å². The van der Waals surface area contributed by atoms with Crippen LogP contribution in [0.3, 0.4) is 0 Å². The predicted octanol–water partition coefficient (Wildman–Crippen LogP) is 2.66. The Balaban J connectivity index is 1.69. The van der Waals surface area contributed by atoms with Crippen molar-refractivity contribution in [2.45, 2.75) is 25.4 Å². The SMILES string of the molecule is CNCC1CCCN1Cc1coc(-c2ccc(F)cc2)n1. The van der Waals surface area contributed by atoms with Crippen LogP contribution in [-0.2, 0) is 6.54 Å². The van der Waals surface area contributed by atoms with Crippen molar-refractivity contribution in [1.82, 2.24) is 15.2 Å². The van der Waals surface area contributed by atoms with Crippen LogP contribution >= 0.6 is 0 Å². The van der Waals surface area contributed by atoms with Gasteiger partial charge in [0.1, 0.15) is 12.1 Å². The fraction of sp³-hybridized carbons (Fsp3) is 0.438. The minimum absolute atomic E-state index is 0.252. The number of halogens is 1. The van der Waals surface area contributed by atoms with E-state index in [0.29, 0.717) is 11.9 Å². The number of rotatable bonds is 5. The highest BCUT2D eigenvalue weighted by Gasteiger charge is 2.24. The quantitative estimate of drug-likeness (QED) is 0.919. The van der Waals surface area contributed by atoms with Crippen LogP contribution in [0.5, 0.6) is 0 Å². The van der Waals surface area contributed by atoms with Gasteiger partial charge >= 0.3 is 0 Å². The molecule has 0 bridgehead atoms. The highest BCUT2D eigenvalue weighted by atomic mass is 19.1. The van der Waals surface area contributed by atoms with Gasteiger partial charge in [0.2, 0.25) is 5.89 Å². The molecule has 0 spiro atoms. The number of likely N-dealkylation sites (tertiary alicyclic amines) is 1. The maximum Gasteiger partial charge on any atom is 0.226 e. The van der Waals surface area contributed by atoms with Gasteiger partial charge in [-0.3, -0.25) is 4.90 Å². The lowest BCUT2D eigenvalue weighted by atomic mass is 10.2. The van der Waals surface area contributed by atoms with Gasteiger partial charge in [0, 0.05) is 24.7 Å². The minimum atomic E-state index is -0.252. The Morgan fingerprint density at radius 3 is 2.95 bits per heavy atom. The third kappa shape index (κ3) is 3.31. The molecule has 1 atom stereocenters. The summed E-state index contributed by atoms with van der Waals surface area (Å²) in [5.41, 5.74) is 1.73. The Morgan fingerprint density at radius 2 is 2.19 bits per heavy atom. The number of hydrogen-bond donors (Lipinski definition) is 1. The predicted molar refractivity (Wildman–Crippen MR) is 79.3 cm³/mol. The monoisotopic (exact) mass is 289 g/mol. The first-order valence-electron chi connectivity index (χ1n) is 7.35. The third-order valence-corrected chi connectivity index (χ3v) is 3.95. The zero-order chi connectivity index (χ0) is 14.7. The van der Waals surface area contributed by atoms with E-state index in [9.17, 15) is 4.39 Å². The maximum atomic E-state index is 12.9. The maximum absolute atomic E-state index is 12.9. The van der Waals surface area contributed by atoms with Crippen molar-refractivity contribution >= 4 is 0 Å². The minimum Gasteiger partial charge on any atom is -0.444 e. The average Bonchev–Trinajstić information content (AvgIpc) is 3.11. The molecule has 2 heterocycles. The molecule has 0 aliphatic carbocycles. The molecule has 112 valence electrons. The number of nitrogens with zero attached hydrogens (tertiary/aromatic N) is 2. The number of aromatic nitrogens is 1. The van der Waals surface area contributed by atoms with Gasteiger partial charge in [-0.05, 0) is 50.7 Å². The summed E-state index contributed by atoms with van der Waals surface area (Å²) in [5, 5.41) is 3.24. The number of likely N-dealkylation sites (N-methyl/N-ethyl adjacent to an activating group) is 1. The summed E-state index contributed by atoms with van der Waals surface area (Å²) in [6.07, 6.45) is 4.16. The second-order valence-electron chi connectivity index (χ2n) is 5.48. The fourth-order valence-corrected chi connectivity index (χ4v) is 2.88. The van der Waals surface area contributed by atoms with E-state index < -0.39 is 0 Å². The Morgan fingerprint density at radius 1 is 1.38 bits per heavy atom. The van der Waals surface area contributed by atoms with E-state index in [0.717, 1.165) is 30.9 Å². The second-order valence-corrected chi connectivity index (χ2v) is 5.48. The van der Waals surface area contributed by atoms with E-state index in [4.69, 9.17) is 4.42 Å². The van der Waals surface area contributed by atoms with Crippen LogP contribution in [0.4, 0.5) is 4.39 Å². The van der Waals surface area contributed by atoms with E-state index in [-0.39, 0.29) is 5.82 Å². The normalized spacial score (nSPS) is 19.2. The van der Waals surface area contributed by atoms with E-state index in [1.807, 2.05) is 7.05 Å². The average molecular weight is 289 g/mol. The molecular weight excluding hydrogens is 269 g/mol. The number of hydrogen-bond acceptors (Lipinski definition) is 4. The van der Waals surface area contributed by atoms with Crippen LogP contribution in [0.1, 0.15) is 18.5 Å². The lowest BCUT2D eigenvalue weighted by Crippen LogP contribution is -2.36. The zero-order valence-electron chi connectivity index (χ0n) is 12.2. The van der Waals surface area contributed by atoms with Crippen molar-refractivity contribution in [3.05, 3.63) is 42.0 Å². The van der Waals surface area contributed by atoms with E-state index >= 15 is 0 Å². The van der Waals surface area contributed by atoms with E-state index in [1.54, 1.807) is 18.4 Å². The molecule has 1 aliphatic rings. The van der Waals surface area contributed by atoms with Crippen LogP contribution in [0.2, 0.25) is 0 Å². The Kier molecular flexibility index (Phi) is 4.31. The second kappa shape index (κ2) is 6.37. The summed E-state index contributed by atoms with van der Waals surface area (Å²) in [4.78, 5) is 6.95. The van der Waals surface area contributed by atoms with Crippen molar-refractivity contribution in [3.8, 4) is 11.5 Å². The molecule has 4 nitrogen and oxygen atoms in total. The molecule has 0 amide bonds. The van der Waals surface area contributed by atoms with Gasteiger partial charge < -0.3 is 9.73 Å². The fourth-order valence-electron chi connectivity index (χ4n) is 2.88. The standard InChI is InChI=1S/C16H20FN3O/c1-18-9-15-3-2-8-20(15)10-14-11-21-16(19-14)12-4-6-13(17)7-5-12/h4-7,11,15,18H,2-3,8-10H2,1H3. The molecule has 2 aromatic rings. The molecule has 21 heavy (non-hydrogen) atoms. The van der Waals surface area contributed by atoms with Crippen molar-refractivity contribution in [1.29, 1.82) is 0 Å². The van der Waals surface area contributed by atoms with Crippen LogP contribution < -0.4 is 5.32 Å². The highest BCUT2D eigenvalue weighted by molar-refractivity contribution is 5.52. The van der Waals surface area contributed by atoms with E-state index in [2.05, 4.69) is 15.2 Å². The van der Waals surface area contributed by atoms with Crippen LogP contribution in [-0.4, -0.2) is 36.1 Å². The lowest BCUT2D eigenvalue weighted by molar-refractivity contribution is 0.239. The van der Waals surface area contributed by atoms with E-state index in [1.165, 1.54) is 25.0 Å². The molecule has 0 radical (unpaired) electrons. The molecule has 1 saturated heterocycles. The highest BCUT2D eigenvalue weighted by Crippen LogP contribution is 2.22.